The van der Waals surface area contributed by atoms with E-state index in [4.69, 9.17) is 0 Å². The van der Waals surface area contributed by atoms with Crippen LogP contribution < -0.4 is 0 Å². The summed E-state index contributed by atoms with van der Waals surface area (Å²) in [4.78, 5) is 20.8. The van der Waals surface area contributed by atoms with Crippen molar-refractivity contribution in [3.05, 3.63) is 59.0 Å². The second-order valence-corrected chi connectivity index (χ2v) is 5.23. The molecule has 102 valence electrons. The molecule has 0 unspecified atom stereocenters. The first-order valence-electron chi connectivity index (χ1n) is 6.73. The highest BCUT2D eigenvalue weighted by Gasteiger charge is 2.23. The molecule has 3 nitrogen and oxygen atoms in total. The van der Waals surface area contributed by atoms with Gasteiger partial charge in [0.15, 0.2) is 5.78 Å². The summed E-state index contributed by atoms with van der Waals surface area (Å²) in [5.41, 5.74) is 5.03. The van der Waals surface area contributed by atoms with Gasteiger partial charge >= 0.3 is 0 Å². The molecule has 3 aromatic rings. The molecule has 1 heterocycles. The number of aromatic nitrogens is 2. The van der Waals surface area contributed by atoms with Gasteiger partial charge in [-0.25, -0.2) is 14.4 Å². The number of carbonyl (C=O) groups excluding carboxylic acids is 1. The highest BCUT2D eigenvalue weighted by Crippen LogP contribution is 2.35. The van der Waals surface area contributed by atoms with Gasteiger partial charge in [-0.05, 0) is 18.6 Å². The normalized spacial score (nSPS) is 12.3. The molecule has 1 aromatic heterocycles. The standard InChI is InChI=1S/C17H11FN2O/c1-9(21)13-7-11(18)8-15-17(13)19-14-6-10-4-2-3-5-12(10)16(14)20-15/h2-5,7-8H,6H2,1H3. The molecule has 2 aromatic carbocycles. The second-order valence-electron chi connectivity index (χ2n) is 5.23. The van der Waals surface area contributed by atoms with Crippen LogP contribution in [0.5, 0.6) is 0 Å². The second kappa shape index (κ2) is 4.19. The van der Waals surface area contributed by atoms with Gasteiger partial charge in [-0.2, -0.15) is 0 Å². The SMILES string of the molecule is CC(=O)c1cc(F)cc2nc3c(nc12)Cc1ccccc1-3. The Balaban J connectivity index is 2.06. The monoisotopic (exact) mass is 278 g/mol. The lowest BCUT2D eigenvalue weighted by Gasteiger charge is -2.06. The van der Waals surface area contributed by atoms with Crippen molar-refractivity contribution < 1.29 is 9.18 Å². The summed E-state index contributed by atoms with van der Waals surface area (Å²) in [5.74, 6) is -0.669. The highest BCUT2D eigenvalue weighted by atomic mass is 19.1. The van der Waals surface area contributed by atoms with E-state index in [1.165, 1.54) is 19.1 Å². The largest absolute Gasteiger partial charge is 0.294 e. The topological polar surface area (TPSA) is 42.9 Å². The van der Waals surface area contributed by atoms with E-state index in [1.807, 2.05) is 24.3 Å². The molecule has 0 saturated heterocycles. The predicted octanol–water partition coefficient (Wildman–Crippen LogP) is 3.54. The predicted molar refractivity (Wildman–Crippen MR) is 77.7 cm³/mol. The van der Waals surface area contributed by atoms with Crippen molar-refractivity contribution >= 4 is 16.8 Å². The number of ketones is 1. The first-order valence-corrected chi connectivity index (χ1v) is 6.73. The van der Waals surface area contributed by atoms with Crippen LogP contribution in [0.25, 0.3) is 22.3 Å². The van der Waals surface area contributed by atoms with E-state index in [9.17, 15) is 9.18 Å². The zero-order chi connectivity index (χ0) is 14.6. The van der Waals surface area contributed by atoms with E-state index in [0.29, 0.717) is 17.5 Å². The molecule has 21 heavy (non-hydrogen) atoms. The number of rotatable bonds is 1. The van der Waals surface area contributed by atoms with Crippen LogP contribution in [0.2, 0.25) is 0 Å². The molecule has 0 fully saturated rings. The average molecular weight is 278 g/mol. The number of hydrogen-bond acceptors (Lipinski definition) is 3. The van der Waals surface area contributed by atoms with Crippen LogP contribution in [-0.4, -0.2) is 15.8 Å². The van der Waals surface area contributed by atoms with Gasteiger partial charge in [0.25, 0.3) is 0 Å². The summed E-state index contributed by atoms with van der Waals surface area (Å²) in [6.07, 6.45) is 0.698. The van der Waals surface area contributed by atoms with E-state index in [-0.39, 0.29) is 11.3 Å². The molecule has 1 aliphatic carbocycles. The molecule has 0 bridgehead atoms. The summed E-state index contributed by atoms with van der Waals surface area (Å²) in [7, 11) is 0. The van der Waals surface area contributed by atoms with Gasteiger partial charge in [-0.3, -0.25) is 4.79 Å². The van der Waals surface area contributed by atoms with E-state index in [0.717, 1.165) is 22.5 Å². The Morgan fingerprint density at radius 1 is 1.19 bits per heavy atom. The van der Waals surface area contributed by atoms with Crippen molar-refractivity contribution in [2.24, 2.45) is 0 Å². The summed E-state index contributed by atoms with van der Waals surface area (Å²) in [6, 6.07) is 10.5. The third kappa shape index (κ3) is 1.76. The molecule has 0 spiro atoms. The maximum atomic E-state index is 13.7. The summed E-state index contributed by atoms with van der Waals surface area (Å²) in [6.45, 7) is 1.41. The molecule has 4 rings (SSSR count). The smallest absolute Gasteiger partial charge is 0.162 e. The van der Waals surface area contributed by atoms with Crippen molar-refractivity contribution in [1.82, 2.24) is 9.97 Å². The van der Waals surface area contributed by atoms with Crippen LogP contribution in [0.4, 0.5) is 4.39 Å². The minimum Gasteiger partial charge on any atom is -0.294 e. The molecular weight excluding hydrogens is 267 g/mol. The quantitative estimate of drug-likeness (QED) is 0.500. The van der Waals surface area contributed by atoms with Crippen molar-refractivity contribution in [3.8, 4) is 11.3 Å². The van der Waals surface area contributed by atoms with Gasteiger partial charge in [0, 0.05) is 23.6 Å². The molecule has 0 amide bonds. The lowest BCUT2D eigenvalue weighted by Crippen LogP contribution is -2.01. The minimum absolute atomic E-state index is 0.204. The van der Waals surface area contributed by atoms with Gasteiger partial charge in [0.2, 0.25) is 0 Å². The molecule has 1 aliphatic rings. The fraction of sp³-hybridized carbons (Fsp3) is 0.118. The number of benzene rings is 2. The van der Waals surface area contributed by atoms with Gasteiger partial charge in [-0.1, -0.05) is 24.3 Å². The molecule has 0 atom stereocenters. The van der Waals surface area contributed by atoms with E-state index >= 15 is 0 Å². The molecule has 0 aliphatic heterocycles. The Kier molecular flexibility index (Phi) is 2.42. The van der Waals surface area contributed by atoms with Crippen molar-refractivity contribution in [2.75, 3.05) is 0 Å². The molecule has 0 N–H and O–H groups in total. The van der Waals surface area contributed by atoms with Crippen LogP contribution in [0.15, 0.2) is 36.4 Å². The molecule has 0 saturated carbocycles. The Hall–Kier alpha value is -2.62. The first kappa shape index (κ1) is 12.1. The van der Waals surface area contributed by atoms with Crippen LogP contribution in [0.3, 0.4) is 0 Å². The maximum absolute atomic E-state index is 13.7. The van der Waals surface area contributed by atoms with Gasteiger partial charge in [0.05, 0.1) is 16.9 Å². The fourth-order valence-corrected chi connectivity index (χ4v) is 2.85. The average Bonchev–Trinajstić information content (AvgIpc) is 2.81. The highest BCUT2D eigenvalue weighted by molar-refractivity contribution is 6.05. The number of fused-ring (bicyclic) bond motifs is 4. The molecule has 0 radical (unpaired) electrons. The molecular formula is C17H11FN2O. The third-order valence-corrected chi connectivity index (χ3v) is 3.82. The summed E-state index contributed by atoms with van der Waals surface area (Å²) >= 11 is 0. The van der Waals surface area contributed by atoms with E-state index < -0.39 is 5.82 Å². The molecule has 4 heteroatoms. The Morgan fingerprint density at radius 2 is 2.00 bits per heavy atom. The number of hydrogen-bond donors (Lipinski definition) is 0. The lowest BCUT2D eigenvalue weighted by molar-refractivity contribution is 0.101. The van der Waals surface area contributed by atoms with E-state index in [2.05, 4.69) is 9.97 Å². The van der Waals surface area contributed by atoms with E-state index in [1.54, 1.807) is 0 Å². The van der Waals surface area contributed by atoms with Gasteiger partial charge in [-0.15, -0.1) is 0 Å². The van der Waals surface area contributed by atoms with Gasteiger partial charge < -0.3 is 0 Å². The number of nitrogens with zero attached hydrogens (tertiary/aromatic N) is 2. The maximum Gasteiger partial charge on any atom is 0.162 e. The lowest BCUT2D eigenvalue weighted by atomic mass is 10.1. The number of carbonyl (C=O) groups is 1. The first-order chi connectivity index (χ1) is 10.1. The zero-order valence-corrected chi connectivity index (χ0v) is 11.4. The van der Waals surface area contributed by atoms with Crippen LogP contribution in [0.1, 0.15) is 28.5 Å². The summed E-state index contributed by atoms with van der Waals surface area (Å²) < 4.78 is 13.7. The Bertz CT molecular complexity index is 918. The minimum atomic E-state index is -0.465. The van der Waals surface area contributed by atoms with Crippen molar-refractivity contribution in [2.45, 2.75) is 13.3 Å². The zero-order valence-electron chi connectivity index (χ0n) is 11.4. The Morgan fingerprint density at radius 3 is 2.81 bits per heavy atom. The van der Waals surface area contributed by atoms with Crippen molar-refractivity contribution in [3.63, 3.8) is 0 Å². The van der Waals surface area contributed by atoms with Crippen molar-refractivity contribution in [1.29, 1.82) is 0 Å². The summed E-state index contributed by atoms with van der Waals surface area (Å²) in [5, 5.41) is 0. The van der Waals surface area contributed by atoms with Gasteiger partial charge in [0.1, 0.15) is 11.3 Å². The van der Waals surface area contributed by atoms with Crippen LogP contribution in [-0.2, 0) is 6.42 Å². The number of Topliss-reactive ketones (excluding diaryl/α,β-unsaturated/α-hetero) is 1. The Labute approximate surface area is 120 Å². The third-order valence-electron chi connectivity index (χ3n) is 3.82. The fourth-order valence-electron chi connectivity index (χ4n) is 2.85. The number of halogens is 1. The van der Waals surface area contributed by atoms with Crippen LogP contribution in [0, 0.1) is 5.82 Å². The van der Waals surface area contributed by atoms with Crippen LogP contribution >= 0.6 is 0 Å².